The molecule has 0 aliphatic carbocycles. The normalized spacial score (nSPS) is 28.2. The molecule has 3 atom stereocenters. The lowest BCUT2D eigenvalue weighted by molar-refractivity contribution is 0.174. The van der Waals surface area contributed by atoms with Gasteiger partial charge >= 0.3 is 0 Å². The van der Waals surface area contributed by atoms with Crippen molar-refractivity contribution >= 4 is 5.84 Å². The molecule has 0 saturated carbocycles. The van der Waals surface area contributed by atoms with Crippen molar-refractivity contribution in [1.29, 1.82) is 5.41 Å². The first-order chi connectivity index (χ1) is 10.1. The van der Waals surface area contributed by atoms with Crippen LogP contribution in [0.1, 0.15) is 37.3 Å². The zero-order valence-corrected chi connectivity index (χ0v) is 12.8. The molecule has 0 amide bonds. The van der Waals surface area contributed by atoms with Gasteiger partial charge in [-0.1, -0.05) is 30.3 Å². The van der Waals surface area contributed by atoms with Crippen LogP contribution in [0.25, 0.3) is 0 Å². The molecule has 3 N–H and O–H groups in total. The maximum absolute atomic E-state index is 7.73. The van der Waals surface area contributed by atoms with E-state index in [-0.39, 0.29) is 11.9 Å². The number of rotatable bonds is 4. The van der Waals surface area contributed by atoms with Crippen LogP contribution in [0.5, 0.6) is 0 Å². The minimum atomic E-state index is 0.247. The molecule has 2 fully saturated rings. The molecule has 2 bridgehead atoms. The van der Waals surface area contributed by atoms with Gasteiger partial charge in [0.05, 0.1) is 5.84 Å². The van der Waals surface area contributed by atoms with Crippen molar-refractivity contribution in [1.82, 2.24) is 9.80 Å². The fourth-order valence-electron chi connectivity index (χ4n) is 3.96. The van der Waals surface area contributed by atoms with Gasteiger partial charge in [0.15, 0.2) is 0 Å². The summed E-state index contributed by atoms with van der Waals surface area (Å²) >= 11 is 0. The minimum Gasteiger partial charge on any atom is -0.388 e. The van der Waals surface area contributed by atoms with Crippen molar-refractivity contribution in [2.45, 2.75) is 43.8 Å². The molecule has 2 aliphatic rings. The summed E-state index contributed by atoms with van der Waals surface area (Å²) in [6.45, 7) is 2.21. The zero-order valence-electron chi connectivity index (χ0n) is 12.8. The summed E-state index contributed by atoms with van der Waals surface area (Å²) in [5, 5.41) is 7.73. The molecule has 2 heterocycles. The summed E-state index contributed by atoms with van der Waals surface area (Å²) in [5.74, 6) is 0.284. The highest BCUT2D eigenvalue weighted by atomic mass is 15.3. The van der Waals surface area contributed by atoms with Crippen LogP contribution < -0.4 is 5.73 Å². The molecule has 21 heavy (non-hydrogen) atoms. The topological polar surface area (TPSA) is 56.4 Å². The number of amidine groups is 1. The monoisotopic (exact) mass is 286 g/mol. The molecule has 114 valence electrons. The molecule has 0 radical (unpaired) electrons. The van der Waals surface area contributed by atoms with Gasteiger partial charge in [0.2, 0.25) is 0 Å². The van der Waals surface area contributed by atoms with Gasteiger partial charge in [-0.15, -0.1) is 0 Å². The highest BCUT2D eigenvalue weighted by Gasteiger charge is 2.36. The van der Waals surface area contributed by atoms with Crippen LogP contribution >= 0.6 is 0 Å². The predicted octanol–water partition coefficient (Wildman–Crippen LogP) is 2.22. The van der Waals surface area contributed by atoms with E-state index < -0.39 is 0 Å². The molecule has 2 aliphatic heterocycles. The van der Waals surface area contributed by atoms with E-state index >= 15 is 0 Å². The fraction of sp³-hybridized carbons (Fsp3) is 0.588. The van der Waals surface area contributed by atoms with Crippen LogP contribution in [0, 0.1) is 5.41 Å². The van der Waals surface area contributed by atoms with E-state index in [1.54, 1.807) is 0 Å². The molecular formula is C17H26N4. The van der Waals surface area contributed by atoms with E-state index in [2.05, 4.69) is 41.1 Å². The Balaban J connectivity index is 1.81. The first kappa shape index (κ1) is 14.5. The lowest BCUT2D eigenvalue weighted by atomic mass is 9.99. The Labute approximate surface area is 127 Å². The van der Waals surface area contributed by atoms with E-state index in [4.69, 9.17) is 11.1 Å². The van der Waals surface area contributed by atoms with Crippen LogP contribution in [0.3, 0.4) is 0 Å². The third kappa shape index (κ3) is 3.11. The van der Waals surface area contributed by atoms with E-state index in [0.717, 1.165) is 19.1 Å². The SMILES string of the molecule is CN1C2CCC1CN(C(CC(=N)N)c1ccccc1)CC2. The Bertz CT molecular complexity index is 487. The van der Waals surface area contributed by atoms with Crippen molar-refractivity contribution in [2.75, 3.05) is 20.1 Å². The van der Waals surface area contributed by atoms with Crippen LogP contribution in [0.15, 0.2) is 30.3 Å². The van der Waals surface area contributed by atoms with Crippen LogP contribution in [-0.2, 0) is 0 Å². The maximum atomic E-state index is 7.73. The van der Waals surface area contributed by atoms with Gasteiger partial charge in [-0.25, -0.2) is 0 Å². The Morgan fingerprint density at radius 1 is 1.24 bits per heavy atom. The average molecular weight is 286 g/mol. The maximum Gasteiger partial charge on any atom is 0.0924 e. The van der Waals surface area contributed by atoms with Crippen LogP contribution in [0.4, 0.5) is 0 Å². The Kier molecular flexibility index (Phi) is 4.27. The third-order valence-electron chi connectivity index (χ3n) is 5.22. The second-order valence-corrected chi connectivity index (χ2v) is 6.49. The number of nitrogens with zero attached hydrogens (tertiary/aromatic N) is 2. The van der Waals surface area contributed by atoms with E-state index in [0.29, 0.717) is 12.5 Å². The number of likely N-dealkylation sites (tertiary alicyclic amines) is 1. The second kappa shape index (κ2) is 6.16. The van der Waals surface area contributed by atoms with Gasteiger partial charge in [0.1, 0.15) is 0 Å². The second-order valence-electron chi connectivity index (χ2n) is 6.49. The lowest BCUT2D eigenvalue weighted by Gasteiger charge is -2.33. The molecule has 3 rings (SSSR count). The van der Waals surface area contributed by atoms with Gasteiger partial charge in [0.25, 0.3) is 0 Å². The lowest BCUT2D eigenvalue weighted by Crippen LogP contribution is -2.39. The average Bonchev–Trinajstić information content (AvgIpc) is 2.71. The number of hydrogen-bond acceptors (Lipinski definition) is 3. The van der Waals surface area contributed by atoms with Gasteiger partial charge < -0.3 is 5.73 Å². The number of benzene rings is 1. The van der Waals surface area contributed by atoms with Crippen LogP contribution in [0.2, 0.25) is 0 Å². The molecule has 4 nitrogen and oxygen atoms in total. The Morgan fingerprint density at radius 2 is 1.95 bits per heavy atom. The molecular weight excluding hydrogens is 260 g/mol. The van der Waals surface area contributed by atoms with Gasteiger partial charge in [-0.05, 0) is 31.9 Å². The molecule has 0 aromatic heterocycles. The smallest absolute Gasteiger partial charge is 0.0924 e. The number of likely N-dealkylation sites (N-methyl/N-ethyl adjacent to an activating group) is 1. The number of nitrogens with two attached hydrogens (primary N) is 1. The first-order valence-corrected chi connectivity index (χ1v) is 7.99. The van der Waals surface area contributed by atoms with Gasteiger partial charge in [-0.2, -0.15) is 0 Å². The van der Waals surface area contributed by atoms with E-state index in [1.165, 1.54) is 24.8 Å². The van der Waals surface area contributed by atoms with Gasteiger partial charge in [0, 0.05) is 37.6 Å². The molecule has 3 unspecified atom stereocenters. The van der Waals surface area contributed by atoms with Crippen molar-refractivity contribution in [3.05, 3.63) is 35.9 Å². The van der Waals surface area contributed by atoms with Crippen molar-refractivity contribution < 1.29 is 0 Å². The molecule has 4 heteroatoms. The molecule has 1 aromatic carbocycles. The fourth-order valence-corrected chi connectivity index (χ4v) is 3.96. The molecule has 1 aromatic rings. The Morgan fingerprint density at radius 3 is 2.67 bits per heavy atom. The minimum absolute atomic E-state index is 0.247. The predicted molar refractivity (Wildman–Crippen MR) is 86.5 cm³/mol. The van der Waals surface area contributed by atoms with Crippen LogP contribution in [-0.4, -0.2) is 47.9 Å². The quantitative estimate of drug-likeness (QED) is 0.659. The zero-order chi connectivity index (χ0) is 14.8. The largest absolute Gasteiger partial charge is 0.388 e. The van der Waals surface area contributed by atoms with E-state index in [1.807, 2.05) is 6.07 Å². The number of fused-ring (bicyclic) bond motifs is 2. The van der Waals surface area contributed by atoms with E-state index in [9.17, 15) is 0 Å². The first-order valence-electron chi connectivity index (χ1n) is 7.99. The summed E-state index contributed by atoms with van der Waals surface area (Å²) < 4.78 is 0. The highest BCUT2D eigenvalue weighted by molar-refractivity contribution is 5.77. The summed E-state index contributed by atoms with van der Waals surface area (Å²) in [6, 6.07) is 12.2. The summed E-state index contributed by atoms with van der Waals surface area (Å²) in [7, 11) is 2.27. The summed E-state index contributed by atoms with van der Waals surface area (Å²) in [6.07, 6.45) is 4.51. The summed E-state index contributed by atoms with van der Waals surface area (Å²) in [5.41, 5.74) is 7.01. The standard InChI is InChI=1S/C17H26N4/c1-20-14-7-8-15(20)12-21(10-9-14)16(11-17(18)19)13-5-3-2-4-6-13/h2-6,14-16H,7-12H2,1H3,(H3,18,19). The Hall–Kier alpha value is -1.39. The summed E-state index contributed by atoms with van der Waals surface area (Å²) in [4.78, 5) is 5.12. The highest BCUT2D eigenvalue weighted by Crippen LogP contribution is 2.33. The van der Waals surface area contributed by atoms with Crippen molar-refractivity contribution in [3.8, 4) is 0 Å². The van der Waals surface area contributed by atoms with Crippen molar-refractivity contribution in [3.63, 3.8) is 0 Å². The third-order valence-corrected chi connectivity index (χ3v) is 5.22. The van der Waals surface area contributed by atoms with Gasteiger partial charge in [-0.3, -0.25) is 15.2 Å². The molecule has 0 spiro atoms. The number of nitrogens with one attached hydrogen (secondary N) is 1. The molecule has 2 saturated heterocycles. The van der Waals surface area contributed by atoms with Crippen molar-refractivity contribution in [2.24, 2.45) is 5.73 Å². The number of hydrogen-bond donors (Lipinski definition) is 2.